The number of aromatic hydroxyl groups is 1. The van der Waals surface area contributed by atoms with Gasteiger partial charge in [0.1, 0.15) is 5.75 Å². The lowest BCUT2D eigenvalue weighted by Crippen LogP contribution is -2.34. The van der Waals surface area contributed by atoms with Gasteiger partial charge >= 0.3 is 0 Å². The Balaban J connectivity index is 2.01. The van der Waals surface area contributed by atoms with E-state index in [0.717, 1.165) is 13.1 Å². The molecule has 1 aromatic rings. The summed E-state index contributed by atoms with van der Waals surface area (Å²) >= 11 is 5.88. The Labute approximate surface area is 108 Å². The first-order valence-corrected chi connectivity index (χ1v) is 6.91. The molecule has 2 rings (SSSR count). The number of hydrogen-bond acceptors (Lipinski definition) is 2. The molecule has 1 saturated carbocycles. The molecule has 3 heteroatoms. The van der Waals surface area contributed by atoms with Crippen LogP contribution >= 0.6 is 11.6 Å². The quantitative estimate of drug-likeness (QED) is 0.814. The van der Waals surface area contributed by atoms with E-state index in [4.69, 9.17) is 11.6 Å². The Morgan fingerprint density at radius 1 is 1.29 bits per heavy atom. The van der Waals surface area contributed by atoms with Gasteiger partial charge in [0.2, 0.25) is 0 Å². The molecule has 0 radical (unpaired) electrons. The Bertz CT molecular complexity index is 350. The zero-order valence-electron chi connectivity index (χ0n) is 10.1. The van der Waals surface area contributed by atoms with E-state index in [-0.39, 0.29) is 0 Å². The van der Waals surface area contributed by atoms with Crippen LogP contribution in [0.5, 0.6) is 5.75 Å². The second-order valence-corrected chi connectivity index (χ2v) is 5.15. The van der Waals surface area contributed by atoms with Crippen molar-refractivity contribution >= 4 is 11.6 Å². The topological polar surface area (TPSA) is 23.5 Å². The summed E-state index contributed by atoms with van der Waals surface area (Å²) in [6.07, 6.45) is 5.25. The van der Waals surface area contributed by atoms with Gasteiger partial charge in [-0.1, -0.05) is 25.0 Å². The van der Waals surface area contributed by atoms with Crippen LogP contribution in [0.4, 0.5) is 0 Å². The molecule has 2 nitrogen and oxygen atoms in total. The zero-order valence-corrected chi connectivity index (χ0v) is 10.9. The van der Waals surface area contributed by atoms with Gasteiger partial charge in [0.05, 0.1) is 0 Å². The van der Waals surface area contributed by atoms with E-state index in [2.05, 4.69) is 11.0 Å². The van der Waals surface area contributed by atoms with Gasteiger partial charge < -0.3 is 5.11 Å². The SMILES string of the molecule is Oc1cccc(CN(CCCl)C2CCCC2)c1. The minimum atomic E-state index is 0.347. The van der Waals surface area contributed by atoms with Crippen molar-refractivity contribution in [3.63, 3.8) is 0 Å². The molecule has 94 valence electrons. The maximum absolute atomic E-state index is 9.48. The van der Waals surface area contributed by atoms with Crippen molar-refractivity contribution in [2.24, 2.45) is 0 Å². The molecule has 0 aliphatic heterocycles. The largest absolute Gasteiger partial charge is 0.508 e. The fourth-order valence-electron chi connectivity index (χ4n) is 2.66. The first-order chi connectivity index (χ1) is 8.29. The minimum absolute atomic E-state index is 0.347. The third-order valence-electron chi connectivity index (χ3n) is 3.51. The standard InChI is InChI=1S/C14H20ClNO/c15-8-9-16(13-5-1-2-6-13)11-12-4-3-7-14(17)10-12/h3-4,7,10,13,17H,1-2,5-6,8-9,11H2. The summed E-state index contributed by atoms with van der Waals surface area (Å²) in [5, 5.41) is 9.48. The summed E-state index contributed by atoms with van der Waals surface area (Å²) in [5.41, 5.74) is 1.17. The Morgan fingerprint density at radius 3 is 2.71 bits per heavy atom. The van der Waals surface area contributed by atoms with Gasteiger partial charge in [0.15, 0.2) is 0 Å². The summed E-state index contributed by atoms with van der Waals surface area (Å²) < 4.78 is 0. The zero-order chi connectivity index (χ0) is 12.1. The number of phenolic OH excluding ortho intramolecular Hbond substituents is 1. The number of alkyl halides is 1. The smallest absolute Gasteiger partial charge is 0.115 e. The molecular formula is C14H20ClNO. The van der Waals surface area contributed by atoms with Crippen LogP contribution in [0.25, 0.3) is 0 Å². The molecule has 17 heavy (non-hydrogen) atoms. The third kappa shape index (κ3) is 3.62. The van der Waals surface area contributed by atoms with Gasteiger partial charge in [-0.25, -0.2) is 0 Å². The molecule has 1 N–H and O–H groups in total. The van der Waals surface area contributed by atoms with Crippen molar-refractivity contribution in [2.75, 3.05) is 12.4 Å². The highest BCUT2D eigenvalue weighted by molar-refractivity contribution is 6.18. The number of benzene rings is 1. The summed E-state index contributed by atoms with van der Waals surface area (Å²) in [4.78, 5) is 2.45. The van der Waals surface area contributed by atoms with E-state index >= 15 is 0 Å². The molecule has 1 fully saturated rings. The van der Waals surface area contributed by atoms with Crippen molar-refractivity contribution in [2.45, 2.75) is 38.3 Å². The van der Waals surface area contributed by atoms with Crippen LogP contribution in [0, 0.1) is 0 Å². The van der Waals surface area contributed by atoms with Crippen molar-refractivity contribution in [3.8, 4) is 5.75 Å². The molecule has 1 aliphatic carbocycles. The predicted octanol–water partition coefficient (Wildman–Crippen LogP) is 3.38. The highest BCUT2D eigenvalue weighted by Gasteiger charge is 2.22. The molecule has 1 aliphatic rings. The van der Waals surface area contributed by atoms with Gasteiger partial charge in [0.25, 0.3) is 0 Å². The van der Waals surface area contributed by atoms with Gasteiger partial charge in [0, 0.05) is 25.0 Å². The lowest BCUT2D eigenvalue weighted by Gasteiger charge is -2.28. The molecule has 0 saturated heterocycles. The van der Waals surface area contributed by atoms with Gasteiger partial charge in [-0.05, 0) is 30.5 Å². The molecule has 0 bridgehead atoms. The van der Waals surface area contributed by atoms with Crippen molar-refractivity contribution < 1.29 is 5.11 Å². The first kappa shape index (κ1) is 12.7. The Morgan fingerprint density at radius 2 is 2.06 bits per heavy atom. The normalized spacial score (nSPS) is 16.8. The van der Waals surface area contributed by atoms with Crippen molar-refractivity contribution in [1.82, 2.24) is 4.90 Å². The number of halogens is 1. The first-order valence-electron chi connectivity index (χ1n) is 6.37. The molecule has 0 heterocycles. The van der Waals surface area contributed by atoms with E-state index in [1.54, 1.807) is 6.07 Å². The van der Waals surface area contributed by atoms with Crippen LogP contribution < -0.4 is 0 Å². The maximum Gasteiger partial charge on any atom is 0.115 e. The Hall–Kier alpha value is -0.730. The van der Waals surface area contributed by atoms with Crippen LogP contribution in [-0.4, -0.2) is 28.5 Å². The minimum Gasteiger partial charge on any atom is -0.508 e. The van der Waals surface area contributed by atoms with Gasteiger partial charge in [-0.15, -0.1) is 11.6 Å². The molecule has 1 aromatic carbocycles. The molecular weight excluding hydrogens is 234 g/mol. The van der Waals surface area contributed by atoms with Crippen LogP contribution in [0.3, 0.4) is 0 Å². The number of rotatable bonds is 5. The summed E-state index contributed by atoms with van der Waals surface area (Å²) in [5.74, 6) is 1.02. The fourth-order valence-corrected chi connectivity index (χ4v) is 2.88. The maximum atomic E-state index is 9.48. The molecule has 0 aromatic heterocycles. The monoisotopic (exact) mass is 253 g/mol. The van der Waals surface area contributed by atoms with Crippen LogP contribution in [0.1, 0.15) is 31.2 Å². The predicted molar refractivity (Wildman–Crippen MR) is 71.5 cm³/mol. The summed E-state index contributed by atoms with van der Waals surface area (Å²) in [6, 6.07) is 8.20. The summed E-state index contributed by atoms with van der Waals surface area (Å²) in [6.45, 7) is 1.83. The molecule has 0 unspecified atom stereocenters. The van der Waals surface area contributed by atoms with Crippen LogP contribution in [-0.2, 0) is 6.54 Å². The molecule has 0 amide bonds. The molecule has 0 atom stereocenters. The lowest BCUT2D eigenvalue weighted by molar-refractivity contribution is 0.201. The van der Waals surface area contributed by atoms with E-state index < -0.39 is 0 Å². The van der Waals surface area contributed by atoms with E-state index in [9.17, 15) is 5.11 Å². The average Bonchev–Trinajstić information content (AvgIpc) is 2.82. The van der Waals surface area contributed by atoms with Crippen molar-refractivity contribution in [3.05, 3.63) is 29.8 Å². The lowest BCUT2D eigenvalue weighted by atomic mass is 10.1. The number of phenols is 1. The van der Waals surface area contributed by atoms with Crippen LogP contribution in [0.2, 0.25) is 0 Å². The van der Waals surface area contributed by atoms with Gasteiger partial charge in [-0.2, -0.15) is 0 Å². The fraction of sp³-hybridized carbons (Fsp3) is 0.571. The molecule has 0 spiro atoms. The van der Waals surface area contributed by atoms with Crippen LogP contribution in [0.15, 0.2) is 24.3 Å². The second-order valence-electron chi connectivity index (χ2n) is 4.77. The van der Waals surface area contributed by atoms with Crippen molar-refractivity contribution in [1.29, 1.82) is 0 Å². The van der Waals surface area contributed by atoms with Gasteiger partial charge in [-0.3, -0.25) is 4.90 Å². The highest BCUT2D eigenvalue weighted by atomic mass is 35.5. The van der Waals surface area contributed by atoms with E-state index in [0.29, 0.717) is 17.7 Å². The Kier molecular flexibility index (Phi) is 4.69. The third-order valence-corrected chi connectivity index (χ3v) is 3.68. The number of hydrogen-bond donors (Lipinski definition) is 1. The number of nitrogens with zero attached hydrogens (tertiary/aromatic N) is 1. The summed E-state index contributed by atoms with van der Waals surface area (Å²) in [7, 11) is 0. The second kappa shape index (κ2) is 6.27. The highest BCUT2D eigenvalue weighted by Crippen LogP contribution is 2.25. The van der Waals surface area contributed by atoms with E-state index in [1.165, 1.54) is 31.2 Å². The average molecular weight is 254 g/mol. The van der Waals surface area contributed by atoms with E-state index in [1.807, 2.05) is 12.1 Å².